The summed E-state index contributed by atoms with van der Waals surface area (Å²) >= 11 is 0. The second kappa shape index (κ2) is 2.88. The molecule has 6 nitrogen and oxygen atoms in total. The molecule has 1 aromatic heterocycles. The molecule has 0 aliphatic carbocycles. The third kappa shape index (κ3) is 1.11. The van der Waals surface area contributed by atoms with Crippen LogP contribution >= 0.6 is 0 Å². The summed E-state index contributed by atoms with van der Waals surface area (Å²) < 4.78 is 0. The molecule has 15 heavy (non-hydrogen) atoms. The topological polar surface area (TPSA) is 74.8 Å². The smallest absolute Gasteiger partial charge is 0.274 e. The minimum Gasteiger partial charge on any atom is -0.274 e. The van der Waals surface area contributed by atoms with Gasteiger partial charge in [0, 0.05) is 0 Å². The number of amides is 1. The van der Waals surface area contributed by atoms with Crippen LogP contribution in [0.4, 0.5) is 11.6 Å². The highest BCUT2D eigenvalue weighted by Gasteiger charge is 2.30. The molecule has 1 aromatic carbocycles. The largest absolute Gasteiger partial charge is 0.276 e. The van der Waals surface area contributed by atoms with Gasteiger partial charge in [0.1, 0.15) is 0 Å². The van der Waals surface area contributed by atoms with Gasteiger partial charge in [0.05, 0.1) is 12.1 Å². The number of tetrazole rings is 1. The number of nitrogens with one attached hydrogen (secondary N) is 1. The first-order chi connectivity index (χ1) is 7.36. The summed E-state index contributed by atoms with van der Waals surface area (Å²) in [6.45, 7) is 0. The van der Waals surface area contributed by atoms with E-state index in [9.17, 15) is 4.79 Å². The Bertz CT molecular complexity index is 507. The first kappa shape index (κ1) is 8.10. The second-order valence-electron chi connectivity index (χ2n) is 3.25. The maximum atomic E-state index is 11.7. The first-order valence-electron chi connectivity index (χ1n) is 4.50. The summed E-state index contributed by atoms with van der Waals surface area (Å²) in [5.74, 6) is 0.266. The van der Waals surface area contributed by atoms with E-state index in [1.165, 1.54) is 4.90 Å². The summed E-state index contributed by atoms with van der Waals surface area (Å²) in [6.07, 6.45) is 0.394. The minimum absolute atomic E-state index is 0.0300. The molecule has 0 atom stereocenters. The molecule has 2 heterocycles. The van der Waals surface area contributed by atoms with Crippen molar-refractivity contribution in [2.45, 2.75) is 6.42 Å². The van der Waals surface area contributed by atoms with Gasteiger partial charge in [-0.2, -0.15) is 5.21 Å². The standard InChI is InChI=1S/C9H7N5O/c15-8-5-6-3-1-2-4-7(6)14(8)9-10-12-13-11-9/h1-4H,5H2,(H,10,11,12,13). The Kier molecular flexibility index (Phi) is 1.55. The van der Waals surface area contributed by atoms with E-state index < -0.39 is 0 Å². The lowest BCUT2D eigenvalue weighted by atomic mass is 10.2. The minimum atomic E-state index is -0.0300. The zero-order chi connectivity index (χ0) is 10.3. The van der Waals surface area contributed by atoms with Gasteiger partial charge in [-0.3, -0.25) is 4.79 Å². The number of H-pyrrole nitrogens is 1. The van der Waals surface area contributed by atoms with E-state index in [4.69, 9.17) is 0 Å². The number of aromatic nitrogens is 4. The van der Waals surface area contributed by atoms with Crippen LogP contribution in [0.15, 0.2) is 24.3 Å². The van der Waals surface area contributed by atoms with Gasteiger partial charge in [-0.05, 0) is 16.8 Å². The van der Waals surface area contributed by atoms with Gasteiger partial charge in [0.15, 0.2) is 0 Å². The molecular formula is C9H7N5O. The number of aromatic amines is 1. The maximum absolute atomic E-state index is 11.7. The molecule has 1 amide bonds. The van der Waals surface area contributed by atoms with Crippen molar-refractivity contribution in [2.75, 3.05) is 4.90 Å². The third-order valence-corrected chi connectivity index (χ3v) is 2.36. The second-order valence-corrected chi connectivity index (χ2v) is 3.25. The van der Waals surface area contributed by atoms with Crippen LogP contribution in [0.25, 0.3) is 0 Å². The number of hydrogen-bond acceptors (Lipinski definition) is 4. The van der Waals surface area contributed by atoms with Crippen molar-refractivity contribution in [2.24, 2.45) is 0 Å². The summed E-state index contributed by atoms with van der Waals surface area (Å²) in [7, 11) is 0. The fourth-order valence-corrected chi connectivity index (χ4v) is 1.73. The van der Waals surface area contributed by atoms with Crippen LogP contribution in [-0.4, -0.2) is 26.5 Å². The SMILES string of the molecule is O=C1Cc2ccccc2N1c1nn[nH]n1. The number of fused-ring (bicyclic) bond motifs is 1. The molecule has 1 aliphatic rings. The van der Waals surface area contributed by atoms with E-state index in [2.05, 4.69) is 20.6 Å². The summed E-state index contributed by atoms with van der Waals surface area (Å²) in [5, 5.41) is 13.4. The molecule has 0 radical (unpaired) electrons. The predicted octanol–water partition coefficient (Wildman–Crippen LogP) is 0.420. The Labute approximate surface area is 84.9 Å². The molecular weight excluding hydrogens is 194 g/mol. The van der Waals surface area contributed by atoms with Crippen LogP contribution in [0.2, 0.25) is 0 Å². The molecule has 0 saturated carbocycles. The maximum Gasteiger partial charge on any atom is 0.276 e. The van der Waals surface area contributed by atoms with Crippen molar-refractivity contribution in [3.05, 3.63) is 29.8 Å². The zero-order valence-corrected chi connectivity index (χ0v) is 7.71. The van der Waals surface area contributed by atoms with Crippen LogP contribution in [0.1, 0.15) is 5.56 Å². The van der Waals surface area contributed by atoms with E-state index >= 15 is 0 Å². The Hall–Kier alpha value is -2.24. The van der Waals surface area contributed by atoms with Crippen LogP contribution in [0, 0.1) is 0 Å². The quantitative estimate of drug-likeness (QED) is 0.725. The van der Waals surface area contributed by atoms with Gasteiger partial charge in [-0.1, -0.05) is 23.3 Å². The van der Waals surface area contributed by atoms with E-state index in [0.717, 1.165) is 11.3 Å². The Morgan fingerprint density at radius 2 is 2.20 bits per heavy atom. The Morgan fingerprint density at radius 1 is 1.33 bits per heavy atom. The zero-order valence-electron chi connectivity index (χ0n) is 7.71. The average molecular weight is 201 g/mol. The molecule has 6 heteroatoms. The van der Waals surface area contributed by atoms with Crippen molar-refractivity contribution in [3.63, 3.8) is 0 Å². The number of rotatable bonds is 1. The highest BCUT2D eigenvalue weighted by atomic mass is 16.2. The predicted molar refractivity (Wildman–Crippen MR) is 51.5 cm³/mol. The molecule has 0 spiro atoms. The van der Waals surface area contributed by atoms with Gasteiger partial charge in [-0.25, -0.2) is 4.90 Å². The molecule has 1 aliphatic heterocycles. The summed E-state index contributed by atoms with van der Waals surface area (Å²) in [6, 6.07) is 7.58. The molecule has 2 aromatic rings. The summed E-state index contributed by atoms with van der Waals surface area (Å²) in [5.41, 5.74) is 1.83. The molecule has 0 saturated heterocycles. The number of benzene rings is 1. The van der Waals surface area contributed by atoms with Crippen LogP contribution in [0.5, 0.6) is 0 Å². The Balaban J connectivity index is 2.14. The molecule has 0 bridgehead atoms. The van der Waals surface area contributed by atoms with Crippen molar-refractivity contribution >= 4 is 17.5 Å². The van der Waals surface area contributed by atoms with Crippen LogP contribution in [0.3, 0.4) is 0 Å². The van der Waals surface area contributed by atoms with E-state index in [0.29, 0.717) is 12.4 Å². The number of anilines is 2. The lowest BCUT2D eigenvalue weighted by Gasteiger charge is -2.10. The Morgan fingerprint density at radius 3 is 3.00 bits per heavy atom. The monoisotopic (exact) mass is 201 g/mol. The number of carbonyl (C=O) groups excluding carboxylic acids is 1. The van der Waals surface area contributed by atoms with Crippen LogP contribution < -0.4 is 4.90 Å². The van der Waals surface area contributed by atoms with Gasteiger partial charge in [0.25, 0.3) is 5.95 Å². The third-order valence-electron chi connectivity index (χ3n) is 2.36. The van der Waals surface area contributed by atoms with Gasteiger partial charge >= 0.3 is 0 Å². The number of carbonyl (C=O) groups is 1. The normalized spacial score (nSPS) is 14.4. The summed E-state index contributed by atoms with van der Waals surface area (Å²) in [4.78, 5) is 13.2. The lowest BCUT2D eigenvalue weighted by molar-refractivity contribution is -0.116. The van der Waals surface area contributed by atoms with E-state index in [-0.39, 0.29) is 5.91 Å². The molecule has 3 rings (SSSR count). The number of nitrogens with zero attached hydrogens (tertiary/aromatic N) is 4. The number of para-hydroxylation sites is 1. The molecule has 1 N–H and O–H groups in total. The highest BCUT2D eigenvalue weighted by Crippen LogP contribution is 2.32. The van der Waals surface area contributed by atoms with Crippen molar-refractivity contribution in [1.29, 1.82) is 0 Å². The van der Waals surface area contributed by atoms with Crippen molar-refractivity contribution in [1.82, 2.24) is 20.6 Å². The molecule has 0 unspecified atom stereocenters. The number of hydrogen-bond donors (Lipinski definition) is 1. The molecule has 0 fully saturated rings. The fourth-order valence-electron chi connectivity index (χ4n) is 1.73. The average Bonchev–Trinajstić information content (AvgIpc) is 2.82. The lowest BCUT2D eigenvalue weighted by Crippen LogP contribution is -2.22. The van der Waals surface area contributed by atoms with Gasteiger partial charge < -0.3 is 0 Å². The molecule has 74 valence electrons. The van der Waals surface area contributed by atoms with Gasteiger partial charge in [0.2, 0.25) is 5.91 Å². The van der Waals surface area contributed by atoms with Crippen molar-refractivity contribution in [3.8, 4) is 0 Å². The van der Waals surface area contributed by atoms with Crippen LogP contribution in [-0.2, 0) is 11.2 Å². The van der Waals surface area contributed by atoms with Crippen molar-refractivity contribution < 1.29 is 4.79 Å². The highest BCUT2D eigenvalue weighted by molar-refractivity contribution is 6.05. The van der Waals surface area contributed by atoms with E-state index in [1.54, 1.807) is 0 Å². The van der Waals surface area contributed by atoms with E-state index in [1.807, 2.05) is 24.3 Å². The van der Waals surface area contributed by atoms with Gasteiger partial charge in [-0.15, -0.1) is 5.10 Å². The fraction of sp³-hybridized carbons (Fsp3) is 0.111. The first-order valence-corrected chi connectivity index (χ1v) is 4.50.